The lowest BCUT2D eigenvalue weighted by Gasteiger charge is -2.19. The minimum Gasteiger partial charge on any atom is -0.426 e. The van der Waals surface area contributed by atoms with Gasteiger partial charge in [0.05, 0.1) is 12.1 Å². The van der Waals surface area contributed by atoms with Crippen LogP contribution in [0.5, 0.6) is 5.75 Å². The van der Waals surface area contributed by atoms with Crippen LogP contribution in [0.25, 0.3) is 0 Å². The molecule has 90 valence electrons. The Morgan fingerprint density at radius 1 is 1.59 bits per heavy atom. The largest absolute Gasteiger partial charge is 0.492 e. The summed E-state index contributed by atoms with van der Waals surface area (Å²) in [6, 6.07) is 5.04. The summed E-state index contributed by atoms with van der Waals surface area (Å²) in [6.07, 6.45) is 0. The normalized spacial score (nSPS) is 16.8. The number of hydrogen-bond acceptors (Lipinski definition) is 5. The van der Waals surface area contributed by atoms with E-state index in [2.05, 4.69) is 0 Å². The maximum Gasteiger partial charge on any atom is 0.492 e. The fourth-order valence-corrected chi connectivity index (χ4v) is 1.94. The molecule has 0 unspecified atom stereocenters. The summed E-state index contributed by atoms with van der Waals surface area (Å²) in [5, 5.41) is 9.75. The van der Waals surface area contributed by atoms with Crippen LogP contribution in [0.15, 0.2) is 18.2 Å². The summed E-state index contributed by atoms with van der Waals surface area (Å²) in [6.45, 7) is 3.56. The van der Waals surface area contributed by atoms with Crippen molar-refractivity contribution in [1.82, 2.24) is 0 Å². The first kappa shape index (κ1) is 12.1. The molecular formula is C11H14BNO4. The lowest BCUT2D eigenvalue weighted by Crippen LogP contribution is -2.29. The van der Waals surface area contributed by atoms with E-state index in [0.717, 1.165) is 5.56 Å². The first-order valence-corrected chi connectivity index (χ1v) is 5.35. The molecule has 17 heavy (non-hydrogen) atoms. The molecule has 1 heterocycles. The van der Waals surface area contributed by atoms with E-state index in [-0.39, 0.29) is 6.54 Å². The van der Waals surface area contributed by atoms with Gasteiger partial charge in [-0.1, -0.05) is 6.07 Å². The van der Waals surface area contributed by atoms with Crippen LogP contribution in [0, 0.1) is 0 Å². The van der Waals surface area contributed by atoms with Crippen LogP contribution < -0.4 is 15.9 Å². The molecule has 6 heteroatoms. The Kier molecular flexibility index (Phi) is 2.95. The van der Waals surface area contributed by atoms with Crippen molar-refractivity contribution in [3.63, 3.8) is 0 Å². The Hall–Kier alpha value is -1.37. The third-order valence-corrected chi connectivity index (χ3v) is 2.74. The van der Waals surface area contributed by atoms with Gasteiger partial charge >= 0.3 is 13.1 Å². The van der Waals surface area contributed by atoms with Gasteiger partial charge in [0, 0.05) is 0 Å². The fraction of sp³-hybridized carbons (Fsp3) is 0.364. The fourth-order valence-electron chi connectivity index (χ4n) is 1.94. The Labute approximate surface area is 99.7 Å². The van der Waals surface area contributed by atoms with Gasteiger partial charge in [-0.05, 0) is 37.0 Å². The van der Waals surface area contributed by atoms with Crippen molar-refractivity contribution in [3.05, 3.63) is 23.8 Å². The maximum atomic E-state index is 11.0. The molecule has 0 bridgehead atoms. The molecule has 1 aromatic rings. The van der Waals surface area contributed by atoms with Gasteiger partial charge in [0.15, 0.2) is 0 Å². The van der Waals surface area contributed by atoms with E-state index in [1.165, 1.54) is 0 Å². The van der Waals surface area contributed by atoms with E-state index < -0.39 is 18.7 Å². The first-order chi connectivity index (χ1) is 7.94. The number of ether oxygens (including phenoxy) is 1. The van der Waals surface area contributed by atoms with E-state index >= 15 is 0 Å². The van der Waals surface area contributed by atoms with E-state index in [9.17, 15) is 9.82 Å². The molecule has 1 aromatic carbocycles. The Balaban J connectivity index is 2.32. The van der Waals surface area contributed by atoms with Gasteiger partial charge in [-0.15, -0.1) is 0 Å². The molecule has 0 aliphatic carbocycles. The minimum absolute atomic E-state index is 0.179. The predicted molar refractivity (Wildman–Crippen MR) is 62.8 cm³/mol. The molecule has 5 nitrogen and oxygen atoms in total. The van der Waals surface area contributed by atoms with Crippen LogP contribution in [0.2, 0.25) is 0 Å². The van der Waals surface area contributed by atoms with Crippen LogP contribution in [-0.4, -0.2) is 24.7 Å². The second kappa shape index (κ2) is 4.14. The summed E-state index contributed by atoms with van der Waals surface area (Å²) in [7, 11) is -0.989. The van der Waals surface area contributed by atoms with E-state index in [4.69, 9.17) is 15.1 Å². The zero-order valence-electron chi connectivity index (χ0n) is 9.77. The molecule has 0 fully saturated rings. The lowest BCUT2D eigenvalue weighted by molar-refractivity contribution is -0.132. The second-order valence-electron chi connectivity index (χ2n) is 4.41. The van der Waals surface area contributed by atoms with Crippen LogP contribution in [-0.2, 0) is 15.0 Å². The Morgan fingerprint density at radius 3 is 2.94 bits per heavy atom. The van der Waals surface area contributed by atoms with E-state index in [1.807, 2.05) is 13.8 Å². The summed E-state index contributed by atoms with van der Waals surface area (Å²) >= 11 is 0. The number of carbonyl (C=O) groups is 1. The Bertz CT molecular complexity index is 461. The molecule has 0 amide bonds. The molecule has 0 saturated heterocycles. The average molecular weight is 235 g/mol. The number of fused-ring (bicyclic) bond motifs is 1. The molecule has 0 aromatic heterocycles. The van der Waals surface area contributed by atoms with Gasteiger partial charge in [-0.25, -0.2) is 0 Å². The van der Waals surface area contributed by atoms with E-state index in [0.29, 0.717) is 11.2 Å². The highest BCUT2D eigenvalue weighted by Gasteiger charge is 2.40. The molecule has 1 aliphatic heterocycles. The number of rotatable bonds is 2. The van der Waals surface area contributed by atoms with E-state index in [1.54, 1.807) is 18.2 Å². The van der Waals surface area contributed by atoms with Gasteiger partial charge in [-0.3, -0.25) is 4.79 Å². The zero-order chi connectivity index (χ0) is 12.6. The van der Waals surface area contributed by atoms with Gasteiger partial charge in [0.2, 0.25) is 0 Å². The first-order valence-electron chi connectivity index (χ1n) is 5.35. The van der Waals surface area contributed by atoms with Crippen molar-refractivity contribution in [2.45, 2.75) is 19.4 Å². The molecule has 3 N–H and O–H groups in total. The van der Waals surface area contributed by atoms with Crippen molar-refractivity contribution in [3.8, 4) is 5.75 Å². The van der Waals surface area contributed by atoms with Crippen molar-refractivity contribution >= 4 is 18.6 Å². The van der Waals surface area contributed by atoms with Crippen molar-refractivity contribution in [1.29, 1.82) is 0 Å². The third kappa shape index (κ3) is 2.19. The van der Waals surface area contributed by atoms with Crippen molar-refractivity contribution in [2.24, 2.45) is 5.73 Å². The van der Waals surface area contributed by atoms with Gasteiger partial charge in [0.1, 0.15) is 5.75 Å². The molecule has 0 radical (unpaired) electrons. The van der Waals surface area contributed by atoms with Crippen LogP contribution in [0.4, 0.5) is 0 Å². The molecule has 1 aliphatic rings. The zero-order valence-corrected chi connectivity index (χ0v) is 9.77. The number of benzene rings is 1. The summed E-state index contributed by atoms with van der Waals surface area (Å²) in [5.74, 6) is -0.155. The van der Waals surface area contributed by atoms with Crippen molar-refractivity contribution < 1.29 is 19.2 Å². The SMILES string of the molecule is CC1(C)OB(O)c2cc(OC(=O)CN)ccc21. The number of esters is 1. The van der Waals surface area contributed by atoms with Gasteiger partial charge < -0.3 is 20.1 Å². The van der Waals surface area contributed by atoms with Crippen molar-refractivity contribution in [2.75, 3.05) is 6.54 Å². The van der Waals surface area contributed by atoms with Crippen LogP contribution in [0.3, 0.4) is 0 Å². The van der Waals surface area contributed by atoms with Gasteiger partial charge in [0.25, 0.3) is 0 Å². The summed E-state index contributed by atoms with van der Waals surface area (Å²) in [5.41, 5.74) is 6.13. The smallest absolute Gasteiger partial charge is 0.426 e. The number of hydrogen-bond donors (Lipinski definition) is 2. The standard InChI is InChI=1S/C11H14BNO4/c1-11(2)8-4-3-7(16-10(14)6-13)5-9(8)12(15)17-11/h3-5,15H,6,13H2,1-2H3. The topological polar surface area (TPSA) is 81.8 Å². The van der Waals surface area contributed by atoms with Gasteiger partial charge in [-0.2, -0.15) is 0 Å². The predicted octanol–water partition coefficient (Wildman–Crippen LogP) is -0.496. The number of carbonyl (C=O) groups excluding carboxylic acids is 1. The maximum absolute atomic E-state index is 11.0. The average Bonchev–Trinajstić information content (AvgIpc) is 2.49. The molecule has 0 spiro atoms. The molecule has 2 rings (SSSR count). The van der Waals surface area contributed by atoms with Crippen LogP contribution in [0.1, 0.15) is 19.4 Å². The Morgan fingerprint density at radius 2 is 2.29 bits per heavy atom. The third-order valence-electron chi connectivity index (χ3n) is 2.74. The number of nitrogens with two attached hydrogens (primary N) is 1. The highest BCUT2D eigenvalue weighted by Crippen LogP contribution is 2.31. The highest BCUT2D eigenvalue weighted by atomic mass is 16.5. The highest BCUT2D eigenvalue weighted by molar-refractivity contribution is 6.62. The van der Waals surface area contributed by atoms with Crippen LogP contribution >= 0.6 is 0 Å². The molecule has 0 saturated carbocycles. The monoisotopic (exact) mass is 235 g/mol. The summed E-state index contributed by atoms with van der Waals surface area (Å²) < 4.78 is 10.4. The molecular weight excluding hydrogens is 221 g/mol. The molecule has 0 atom stereocenters. The summed E-state index contributed by atoms with van der Waals surface area (Å²) in [4.78, 5) is 11.0. The minimum atomic E-state index is -0.989. The quantitative estimate of drug-likeness (QED) is 0.410. The lowest BCUT2D eigenvalue weighted by atomic mass is 9.78. The second-order valence-corrected chi connectivity index (χ2v) is 4.41.